The average Bonchev–Trinajstić information content (AvgIpc) is 3.33. The van der Waals surface area contributed by atoms with Crippen molar-refractivity contribution in [3.63, 3.8) is 0 Å². The topological polar surface area (TPSA) is 123 Å². The van der Waals surface area contributed by atoms with Crippen molar-refractivity contribution in [1.29, 1.82) is 0 Å². The maximum Gasteiger partial charge on any atom is 0.407 e. The Kier molecular flexibility index (Phi) is 6.12. The van der Waals surface area contributed by atoms with Crippen LogP contribution in [-0.4, -0.2) is 45.5 Å². The van der Waals surface area contributed by atoms with Gasteiger partial charge in [0.05, 0.1) is 24.0 Å². The second kappa shape index (κ2) is 9.15. The first kappa shape index (κ1) is 22.1. The molecule has 0 saturated carbocycles. The number of carboxylic acids is 1. The van der Waals surface area contributed by atoms with Crippen molar-refractivity contribution in [3.05, 3.63) is 77.1 Å². The van der Waals surface area contributed by atoms with Crippen LogP contribution in [0.4, 0.5) is 4.79 Å². The molecule has 0 unspecified atom stereocenters. The number of amides is 2. The van der Waals surface area contributed by atoms with Gasteiger partial charge in [0.1, 0.15) is 12.6 Å². The van der Waals surface area contributed by atoms with E-state index < -0.39 is 24.0 Å². The fourth-order valence-corrected chi connectivity index (χ4v) is 4.00. The predicted molar refractivity (Wildman–Crippen MR) is 120 cm³/mol. The molecule has 1 aliphatic carbocycles. The highest BCUT2D eigenvalue weighted by Crippen LogP contribution is 2.44. The van der Waals surface area contributed by atoms with E-state index in [4.69, 9.17) is 9.84 Å². The zero-order chi connectivity index (χ0) is 23.5. The number of aromatic nitrogens is 2. The van der Waals surface area contributed by atoms with Gasteiger partial charge in [0.15, 0.2) is 0 Å². The van der Waals surface area contributed by atoms with Gasteiger partial charge in [-0.15, -0.1) is 0 Å². The number of aliphatic carboxylic acids is 1. The van der Waals surface area contributed by atoms with Crippen molar-refractivity contribution < 1.29 is 24.2 Å². The molecule has 4 rings (SSSR count). The van der Waals surface area contributed by atoms with E-state index in [1.807, 2.05) is 36.4 Å². The van der Waals surface area contributed by atoms with E-state index in [9.17, 15) is 14.4 Å². The summed E-state index contributed by atoms with van der Waals surface area (Å²) in [6.45, 7) is 1.54. The van der Waals surface area contributed by atoms with Crippen molar-refractivity contribution in [1.82, 2.24) is 20.4 Å². The van der Waals surface area contributed by atoms with Crippen LogP contribution in [0.5, 0.6) is 0 Å². The van der Waals surface area contributed by atoms with E-state index in [0.29, 0.717) is 5.69 Å². The van der Waals surface area contributed by atoms with Crippen LogP contribution in [0.15, 0.2) is 54.7 Å². The Morgan fingerprint density at radius 2 is 1.70 bits per heavy atom. The average molecular weight is 448 g/mol. The highest BCUT2D eigenvalue weighted by molar-refractivity contribution is 5.97. The summed E-state index contributed by atoms with van der Waals surface area (Å²) in [5.74, 6) is -1.79. The van der Waals surface area contributed by atoms with Crippen molar-refractivity contribution in [2.45, 2.75) is 25.4 Å². The third-order valence-electron chi connectivity index (χ3n) is 5.77. The first-order valence-corrected chi connectivity index (χ1v) is 10.5. The molecule has 3 N–H and O–H groups in total. The number of ether oxygens (including phenoxy) is 1. The van der Waals surface area contributed by atoms with E-state index in [1.165, 1.54) is 17.8 Å². The summed E-state index contributed by atoms with van der Waals surface area (Å²) in [5.41, 5.74) is 5.13. The molecule has 2 aromatic carbocycles. The normalized spacial score (nSPS) is 13.0. The second-order valence-electron chi connectivity index (χ2n) is 7.84. The third kappa shape index (κ3) is 4.43. The van der Waals surface area contributed by atoms with Crippen molar-refractivity contribution in [3.8, 4) is 11.1 Å². The molecule has 1 heterocycles. The summed E-state index contributed by atoms with van der Waals surface area (Å²) in [6.07, 6.45) is 0.710. The molecule has 0 aliphatic heterocycles. The molecular formula is C24H24N4O5. The van der Waals surface area contributed by atoms with Crippen LogP contribution in [0.1, 0.15) is 40.0 Å². The smallest absolute Gasteiger partial charge is 0.407 e. The third-order valence-corrected chi connectivity index (χ3v) is 5.77. The van der Waals surface area contributed by atoms with Gasteiger partial charge in [0.25, 0.3) is 5.91 Å². The molecule has 0 spiro atoms. The number of hydrogen-bond donors (Lipinski definition) is 3. The van der Waals surface area contributed by atoms with Crippen LogP contribution < -0.4 is 10.6 Å². The largest absolute Gasteiger partial charge is 0.480 e. The second-order valence-corrected chi connectivity index (χ2v) is 7.84. The number of alkyl carbamates (subject to hydrolysis) is 1. The number of carbonyl (C=O) groups excluding carboxylic acids is 2. The number of carbonyl (C=O) groups is 3. The predicted octanol–water partition coefficient (Wildman–Crippen LogP) is 2.66. The minimum absolute atomic E-state index is 0.00260. The van der Waals surface area contributed by atoms with Crippen LogP contribution in [0.3, 0.4) is 0 Å². The van der Waals surface area contributed by atoms with Crippen LogP contribution in [0.25, 0.3) is 11.1 Å². The van der Waals surface area contributed by atoms with Gasteiger partial charge in [-0.3, -0.25) is 14.3 Å². The number of hydrogen-bond acceptors (Lipinski definition) is 5. The molecule has 0 radical (unpaired) electrons. The zero-order valence-electron chi connectivity index (χ0n) is 18.2. The van der Waals surface area contributed by atoms with Crippen LogP contribution in [0, 0.1) is 0 Å². The molecule has 9 heteroatoms. The number of benzene rings is 2. The van der Waals surface area contributed by atoms with E-state index in [2.05, 4.69) is 27.9 Å². The Hall–Kier alpha value is -4.14. The number of carboxylic acid groups (broad SMARTS) is 1. The molecule has 0 fully saturated rings. The number of nitrogens with one attached hydrogen (secondary N) is 2. The van der Waals surface area contributed by atoms with Gasteiger partial charge in [-0.25, -0.2) is 4.79 Å². The molecule has 0 bridgehead atoms. The first-order valence-electron chi connectivity index (χ1n) is 10.5. The molecule has 1 atom stereocenters. The number of aryl methyl sites for hydroxylation is 1. The van der Waals surface area contributed by atoms with Crippen LogP contribution in [0.2, 0.25) is 0 Å². The van der Waals surface area contributed by atoms with Crippen molar-refractivity contribution in [2.75, 3.05) is 6.61 Å². The fraction of sp³-hybridized carbons (Fsp3) is 0.250. The lowest BCUT2D eigenvalue weighted by Crippen LogP contribution is -2.39. The van der Waals surface area contributed by atoms with Gasteiger partial charge in [0, 0.05) is 13.0 Å². The van der Waals surface area contributed by atoms with E-state index in [1.54, 1.807) is 7.05 Å². The Bertz CT molecular complexity index is 1170. The summed E-state index contributed by atoms with van der Waals surface area (Å²) in [7, 11) is 1.63. The number of rotatable bonds is 7. The number of fused-ring (bicyclic) bond motifs is 3. The summed E-state index contributed by atoms with van der Waals surface area (Å²) >= 11 is 0. The van der Waals surface area contributed by atoms with Gasteiger partial charge >= 0.3 is 12.1 Å². The molecule has 1 aromatic heterocycles. The van der Waals surface area contributed by atoms with Gasteiger partial charge in [0.2, 0.25) is 0 Å². The maximum atomic E-state index is 12.4. The summed E-state index contributed by atoms with van der Waals surface area (Å²) < 4.78 is 6.96. The van der Waals surface area contributed by atoms with Gasteiger partial charge in [-0.2, -0.15) is 5.10 Å². The molecule has 3 aromatic rings. The Labute approximate surface area is 190 Å². The number of nitrogens with zero attached hydrogens (tertiary/aromatic N) is 2. The molecule has 33 heavy (non-hydrogen) atoms. The Morgan fingerprint density at radius 1 is 1.09 bits per heavy atom. The van der Waals surface area contributed by atoms with E-state index in [-0.39, 0.29) is 24.6 Å². The van der Waals surface area contributed by atoms with E-state index >= 15 is 0 Å². The SMILES string of the molecule is C[C@@H](NC(=O)c1cnn(C)c1CNC(=O)OCC1c2ccccc2-c2ccccc21)C(=O)O. The van der Waals surface area contributed by atoms with Gasteiger partial charge in [-0.1, -0.05) is 48.5 Å². The molecule has 9 nitrogen and oxygen atoms in total. The van der Waals surface area contributed by atoms with Crippen LogP contribution in [-0.2, 0) is 23.1 Å². The zero-order valence-corrected chi connectivity index (χ0v) is 18.2. The minimum atomic E-state index is -1.15. The van der Waals surface area contributed by atoms with Gasteiger partial charge < -0.3 is 20.5 Å². The molecular weight excluding hydrogens is 424 g/mol. The lowest BCUT2D eigenvalue weighted by molar-refractivity contribution is -0.138. The standard InChI is InChI=1S/C24H24N4O5/c1-14(23(30)31)27-22(29)19-11-26-28(2)21(19)12-25-24(32)33-13-20-17-9-5-3-7-15(17)16-8-4-6-10-18(16)20/h3-11,14,20H,12-13H2,1-2H3,(H,25,32)(H,27,29)(H,30,31)/t14-/m1/s1. The monoisotopic (exact) mass is 448 g/mol. The first-order chi connectivity index (χ1) is 15.9. The summed E-state index contributed by atoms with van der Waals surface area (Å²) in [4.78, 5) is 35.8. The molecule has 0 saturated heterocycles. The Morgan fingerprint density at radius 3 is 2.30 bits per heavy atom. The van der Waals surface area contributed by atoms with E-state index in [0.717, 1.165) is 22.3 Å². The van der Waals surface area contributed by atoms with Crippen molar-refractivity contribution in [2.24, 2.45) is 7.05 Å². The summed E-state index contributed by atoms with van der Waals surface area (Å²) in [6, 6.07) is 15.1. The van der Waals surface area contributed by atoms with Crippen LogP contribution >= 0.6 is 0 Å². The molecule has 1 aliphatic rings. The lowest BCUT2D eigenvalue weighted by atomic mass is 9.98. The molecule has 170 valence electrons. The Balaban J connectivity index is 1.39. The fourth-order valence-electron chi connectivity index (χ4n) is 4.00. The molecule has 2 amide bonds. The highest BCUT2D eigenvalue weighted by Gasteiger charge is 2.29. The quantitative estimate of drug-likeness (QED) is 0.511. The lowest BCUT2D eigenvalue weighted by Gasteiger charge is -2.15. The van der Waals surface area contributed by atoms with Crippen molar-refractivity contribution >= 4 is 18.0 Å². The van der Waals surface area contributed by atoms with Gasteiger partial charge in [-0.05, 0) is 29.2 Å². The summed E-state index contributed by atoms with van der Waals surface area (Å²) in [5, 5.41) is 18.1. The minimum Gasteiger partial charge on any atom is -0.480 e. The highest BCUT2D eigenvalue weighted by atomic mass is 16.5. The maximum absolute atomic E-state index is 12.4.